The molecule has 65 heavy (non-hydrogen) atoms. The van der Waals surface area contributed by atoms with Crippen LogP contribution in [0.4, 0.5) is 34.1 Å². The largest absolute Gasteiger partial charge is 0.311 e. The smallest absolute Gasteiger partial charge is 0.124 e. The first-order valence-electron chi connectivity index (χ1n) is 22.3. The molecule has 12 rings (SSSR count). The van der Waals surface area contributed by atoms with Crippen LogP contribution in [0.2, 0.25) is 0 Å². The maximum Gasteiger partial charge on any atom is 0.124 e. The summed E-state index contributed by atoms with van der Waals surface area (Å²) in [6.45, 7) is 4.75. The van der Waals surface area contributed by atoms with Crippen LogP contribution in [-0.2, 0) is 11.8 Å². The van der Waals surface area contributed by atoms with Crippen LogP contribution in [0, 0.1) is 0 Å². The standard InChI is InChI=1S/C59H44N4S2/c1-59(2)51-37-42(39-21-28-45(29-22-39)62(43-13-5-3-6-14-43)46-30-23-40(24-31-46)57-60-53-17-9-11-19-55(53)64-57)27-35-49(51)50-36-34-48(38-52(50)59)63(44-15-7-4-8-16-44)47-32-25-41(26-33-47)58-61-54-18-10-12-20-56(54)65-58/h3-11,13-19,21-38H,12,20H2,1-2H3. The van der Waals surface area contributed by atoms with E-state index in [0.29, 0.717) is 0 Å². The normalized spacial score (nSPS) is 13.3. The van der Waals surface area contributed by atoms with Crippen LogP contribution in [0.1, 0.15) is 42.0 Å². The summed E-state index contributed by atoms with van der Waals surface area (Å²) in [5.41, 5.74) is 18.6. The van der Waals surface area contributed by atoms with Gasteiger partial charge in [-0.1, -0.05) is 98.8 Å². The lowest BCUT2D eigenvalue weighted by Gasteiger charge is -2.28. The van der Waals surface area contributed by atoms with Crippen molar-refractivity contribution >= 4 is 73.1 Å². The van der Waals surface area contributed by atoms with E-state index in [2.05, 4.69) is 224 Å². The first-order chi connectivity index (χ1) is 31.9. The Hall–Kier alpha value is -7.38. The molecule has 0 N–H and O–H groups in total. The van der Waals surface area contributed by atoms with E-state index in [0.717, 1.165) is 79.3 Å². The maximum atomic E-state index is 4.98. The van der Waals surface area contributed by atoms with E-state index in [1.165, 1.54) is 43.0 Å². The van der Waals surface area contributed by atoms with Gasteiger partial charge in [0.25, 0.3) is 0 Å². The molecule has 2 heterocycles. The minimum absolute atomic E-state index is 0.205. The van der Waals surface area contributed by atoms with Crippen molar-refractivity contribution in [2.24, 2.45) is 0 Å². The number of hydrogen-bond donors (Lipinski definition) is 0. The monoisotopic (exact) mass is 872 g/mol. The Kier molecular flexibility index (Phi) is 9.66. The van der Waals surface area contributed by atoms with Crippen molar-refractivity contribution in [2.75, 3.05) is 9.80 Å². The zero-order chi connectivity index (χ0) is 43.5. The SMILES string of the molecule is CC1(C)c2cc(-c3ccc(N(c4ccccc4)c4ccc(-c5nc6ccccc6s5)cc4)cc3)ccc2-c2ccc(N(c3ccccc3)c3ccc(-c4nc5c(s4)CCC=C5)cc3)cc21. The van der Waals surface area contributed by atoms with E-state index < -0.39 is 0 Å². The number of benzene rings is 8. The van der Waals surface area contributed by atoms with Crippen molar-refractivity contribution in [1.82, 2.24) is 9.97 Å². The van der Waals surface area contributed by atoms with Gasteiger partial charge in [0.05, 0.1) is 15.9 Å². The van der Waals surface area contributed by atoms with Gasteiger partial charge in [0.2, 0.25) is 0 Å². The average Bonchev–Trinajstić information content (AvgIpc) is 4.06. The second-order valence-corrected chi connectivity index (χ2v) is 19.5. The number of allylic oxidation sites excluding steroid dienone is 1. The van der Waals surface area contributed by atoms with Crippen LogP contribution in [0.3, 0.4) is 0 Å². The molecule has 0 saturated carbocycles. The van der Waals surface area contributed by atoms with Gasteiger partial charge in [-0.25, -0.2) is 9.97 Å². The second-order valence-electron chi connectivity index (χ2n) is 17.4. The fourth-order valence-electron chi connectivity index (χ4n) is 9.60. The van der Waals surface area contributed by atoms with E-state index in [-0.39, 0.29) is 5.41 Å². The summed E-state index contributed by atoms with van der Waals surface area (Å²) in [6, 6.07) is 70.4. The average molecular weight is 873 g/mol. The topological polar surface area (TPSA) is 32.3 Å². The van der Waals surface area contributed by atoms with E-state index >= 15 is 0 Å². The minimum Gasteiger partial charge on any atom is -0.311 e. The third kappa shape index (κ3) is 7.07. The third-order valence-corrected chi connectivity index (χ3v) is 15.3. The van der Waals surface area contributed by atoms with E-state index in [1.54, 1.807) is 11.3 Å². The van der Waals surface area contributed by atoms with Crippen LogP contribution in [0.25, 0.3) is 59.7 Å². The van der Waals surface area contributed by atoms with Crippen molar-refractivity contribution in [2.45, 2.75) is 32.1 Å². The Morgan fingerprint density at radius 2 is 0.938 bits per heavy atom. The highest BCUT2D eigenvalue weighted by Gasteiger charge is 2.36. The Morgan fingerprint density at radius 3 is 1.55 bits per heavy atom. The van der Waals surface area contributed by atoms with Gasteiger partial charge in [0.15, 0.2) is 0 Å². The van der Waals surface area contributed by atoms with Crippen LogP contribution in [-0.4, -0.2) is 9.97 Å². The molecule has 4 nitrogen and oxygen atoms in total. The molecular weight excluding hydrogens is 829 g/mol. The summed E-state index contributed by atoms with van der Waals surface area (Å²) in [4.78, 5) is 16.0. The van der Waals surface area contributed by atoms with Crippen LogP contribution < -0.4 is 9.80 Å². The molecule has 0 spiro atoms. The molecule has 2 aromatic heterocycles. The van der Waals surface area contributed by atoms with E-state index in [4.69, 9.17) is 9.97 Å². The fraction of sp³-hybridized carbons (Fsp3) is 0.0847. The van der Waals surface area contributed by atoms with Crippen molar-refractivity contribution in [3.05, 3.63) is 222 Å². The quantitative estimate of drug-likeness (QED) is 0.145. The van der Waals surface area contributed by atoms with Gasteiger partial charge in [-0.3, -0.25) is 0 Å². The van der Waals surface area contributed by atoms with Gasteiger partial charge in [0.1, 0.15) is 10.0 Å². The highest BCUT2D eigenvalue weighted by atomic mass is 32.1. The predicted molar refractivity (Wildman–Crippen MR) is 276 cm³/mol. The molecule has 2 aliphatic rings. The molecule has 0 unspecified atom stereocenters. The van der Waals surface area contributed by atoms with Crippen LogP contribution in [0.15, 0.2) is 200 Å². The Balaban J connectivity index is 0.839. The van der Waals surface area contributed by atoms with Crippen LogP contribution >= 0.6 is 22.7 Å². The van der Waals surface area contributed by atoms with Gasteiger partial charge in [-0.2, -0.15) is 0 Å². The second kappa shape index (κ2) is 16.0. The predicted octanol–water partition coefficient (Wildman–Crippen LogP) is 17.0. The highest BCUT2D eigenvalue weighted by molar-refractivity contribution is 7.21. The number of nitrogens with zero attached hydrogens (tertiary/aromatic N) is 4. The third-order valence-electron chi connectivity index (χ3n) is 13.0. The minimum atomic E-state index is -0.205. The van der Waals surface area contributed by atoms with E-state index in [1.807, 2.05) is 17.4 Å². The molecule has 0 atom stereocenters. The Labute approximate surface area is 388 Å². The number of para-hydroxylation sites is 3. The zero-order valence-electron chi connectivity index (χ0n) is 36.1. The van der Waals surface area contributed by atoms with Crippen molar-refractivity contribution < 1.29 is 0 Å². The molecule has 0 amide bonds. The Morgan fingerprint density at radius 1 is 0.446 bits per heavy atom. The van der Waals surface area contributed by atoms with Crippen LogP contribution in [0.5, 0.6) is 0 Å². The number of anilines is 6. The number of aromatic nitrogens is 2. The van der Waals surface area contributed by atoms with Gasteiger partial charge in [-0.05, 0) is 168 Å². The summed E-state index contributed by atoms with van der Waals surface area (Å²) in [5, 5.41) is 2.12. The Bertz CT molecular complexity index is 3350. The lowest BCUT2D eigenvalue weighted by Crippen LogP contribution is -2.16. The maximum absolute atomic E-state index is 4.98. The summed E-state index contributed by atoms with van der Waals surface area (Å²) >= 11 is 3.56. The molecule has 10 aromatic rings. The molecule has 6 heteroatoms. The first-order valence-corrected chi connectivity index (χ1v) is 23.9. The number of hydrogen-bond acceptors (Lipinski definition) is 6. The summed E-state index contributed by atoms with van der Waals surface area (Å²) in [5.74, 6) is 0. The van der Waals surface area contributed by atoms with Gasteiger partial charge < -0.3 is 9.80 Å². The van der Waals surface area contributed by atoms with Crippen molar-refractivity contribution in [3.8, 4) is 43.4 Å². The number of aryl methyl sites for hydroxylation is 1. The fourth-order valence-corrected chi connectivity index (χ4v) is 11.6. The highest BCUT2D eigenvalue weighted by Crippen LogP contribution is 2.52. The van der Waals surface area contributed by atoms with Gasteiger partial charge >= 0.3 is 0 Å². The summed E-state index contributed by atoms with van der Waals surface area (Å²) in [7, 11) is 0. The molecule has 8 aromatic carbocycles. The van der Waals surface area contributed by atoms with Crippen molar-refractivity contribution in [3.63, 3.8) is 0 Å². The first kappa shape index (κ1) is 39.2. The molecule has 2 aliphatic carbocycles. The van der Waals surface area contributed by atoms with Gasteiger partial charge in [-0.15, -0.1) is 22.7 Å². The molecule has 0 bridgehead atoms. The number of thiazole rings is 2. The molecular formula is C59H44N4S2. The number of rotatable bonds is 9. The molecule has 0 saturated heterocycles. The lowest BCUT2D eigenvalue weighted by molar-refractivity contribution is 0.660. The number of fused-ring (bicyclic) bond motifs is 5. The molecule has 0 aliphatic heterocycles. The van der Waals surface area contributed by atoms with Crippen molar-refractivity contribution in [1.29, 1.82) is 0 Å². The lowest BCUT2D eigenvalue weighted by atomic mass is 9.81. The molecule has 0 fully saturated rings. The summed E-state index contributed by atoms with van der Waals surface area (Å²) in [6.07, 6.45) is 6.57. The molecule has 0 radical (unpaired) electrons. The summed E-state index contributed by atoms with van der Waals surface area (Å²) < 4.78 is 1.20. The zero-order valence-corrected chi connectivity index (χ0v) is 37.8. The van der Waals surface area contributed by atoms with E-state index in [9.17, 15) is 0 Å². The molecule has 312 valence electrons. The van der Waals surface area contributed by atoms with Gasteiger partial charge in [0, 0.05) is 55.5 Å².